The highest BCUT2D eigenvalue weighted by atomic mass is 16.2. The number of hydrogen-bond acceptors (Lipinski definition) is 2. The van der Waals surface area contributed by atoms with Crippen molar-refractivity contribution in [3.8, 4) is 0 Å². The van der Waals surface area contributed by atoms with Crippen LogP contribution in [0, 0.1) is 5.41 Å². The molecule has 0 aromatic carbocycles. The average Bonchev–Trinajstić information content (AvgIpc) is 2.28. The van der Waals surface area contributed by atoms with E-state index >= 15 is 0 Å². The molecule has 2 rings (SSSR count). The molecule has 104 valence electrons. The standard InChI is InChI=1S/C15H28N2O/c1-14(2)8-6-7-12(11-14)17-13(18)15(3)9-4-5-10-16-15/h12,16H,4-11H2,1-3H3,(H,17,18). The minimum Gasteiger partial charge on any atom is -0.352 e. The maximum absolute atomic E-state index is 12.4. The Hall–Kier alpha value is -0.570. The lowest BCUT2D eigenvalue weighted by Gasteiger charge is -2.39. The molecule has 3 nitrogen and oxygen atoms in total. The molecule has 1 saturated heterocycles. The Morgan fingerprint density at radius 1 is 1.17 bits per heavy atom. The third-order valence-electron chi connectivity index (χ3n) is 4.66. The number of amides is 1. The normalized spacial score (nSPS) is 36.1. The topological polar surface area (TPSA) is 41.1 Å². The van der Waals surface area contributed by atoms with E-state index in [0.29, 0.717) is 11.5 Å². The summed E-state index contributed by atoms with van der Waals surface area (Å²) in [5, 5.41) is 6.68. The zero-order valence-corrected chi connectivity index (χ0v) is 12.1. The van der Waals surface area contributed by atoms with E-state index in [1.807, 2.05) is 0 Å². The van der Waals surface area contributed by atoms with Gasteiger partial charge >= 0.3 is 0 Å². The van der Waals surface area contributed by atoms with Gasteiger partial charge in [0.15, 0.2) is 0 Å². The Balaban J connectivity index is 1.90. The quantitative estimate of drug-likeness (QED) is 0.793. The molecule has 2 fully saturated rings. The fraction of sp³-hybridized carbons (Fsp3) is 0.933. The molecule has 0 spiro atoms. The predicted octanol–water partition coefficient (Wildman–Crippen LogP) is 2.60. The molecule has 18 heavy (non-hydrogen) atoms. The minimum atomic E-state index is -0.333. The van der Waals surface area contributed by atoms with Crippen molar-refractivity contribution in [2.24, 2.45) is 5.41 Å². The lowest BCUT2D eigenvalue weighted by Crippen LogP contribution is -2.59. The molecule has 2 unspecified atom stereocenters. The van der Waals surface area contributed by atoms with E-state index in [2.05, 4.69) is 31.4 Å². The highest BCUT2D eigenvalue weighted by molar-refractivity contribution is 5.86. The van der Waals surface area contributed by atoms with Crippen LogP contribution in [-0.4, -0.2) is 24.0 Å². The van der Waals surface area contributed by atoms with Gasteiger partial charge in [-0.05, 0) is 57.4 Å². The maximum Gasteiger partial charge on any atom is 0.240 e. The summed E-state index contributed by atoms with van der Waals surface area (Å²) in [4.78, 5) is 12.4. The molecule has 1 amide bonds. The fourth-order valence-electron chi connectivity index (χ4n) is 3.42. The molecule has 1 heterocycles. The third kappa shape index (κ3) is 3.25. The van der Waals surface area contributed by atoms with Crippen molar-refractivity contribution >= 4 is 5.91 Å². The molecular formula is C15H28N2O. The molecule has 1 aliphatic heterocycles. The summed E-state index contributed by atoms with van der Waals surface area (Å²) in [6.45, 7) is 7.65. The molecule has 0 aromatic rings. The van der Waals surface area contributed by atoms with Crippen LogP contribution >= 0.6 is 0 Å². The zero-order chi connectivity index (χ0) is 13.2. The van der Waals surface area contributed by atoms with Crippen molar-refractivity contribution in [1.29, 1.82) is 0 Å². The average molecular weight is 252 g/mol. The van der Waals surface area contributed by atoms with Crippen LogP contribution in [0.25, 0.3) is 0 Å². The number of nitrogens with one attached hydrogen (secondary N) is 2. The van der Waals surface area contributed by atoms with Crippen molar-refractivity contribution < 1.29 is 4.79 Å². The van der Waals surface area contributed by atoms with E-state index in [0.717, 1.165) is 32.2 Å². The van der Waals surface area contributed by atoms with Gasteiger partial charge in [-0.3, -0.25) is 4.79 Å². The van der Waals surface area contributed by atoms with Gasteiger partial charge in [-0.2, -0.15) is 0 Å². The van der Waals surface area contributed by atoms with Gasteiger partial charge in [-0.25, -0.2) is 0 Å². The van der Waals surface area contributed by atoms with Crippen molar-refractivity contribution in [2.45, 2.75) is 77.3 Å². The van der Waals surface area contributed by atoms with Gasteiger partial charge in [0.05, 0.1) is 5.54 Å². The molecular weight excluding hydrogens is 224 g/mol. The highest BCUT2D eigenvalue weighted by Gasteiger charge is 2.37. The summed E-state index contributed by atoms with van der Waals surface area (Å²) in [6.07, 6.45) is 8.11. The predicted molar refractivity (Wildman–Crippen MR) is 74.4 cm³/mol. The van der Waals surface area contributed by atoms with E-state index in [-0.39, 0.29) is 11.4 Å². The largest absolute Gasteiger partial charge is 0.352 e. The second-order valence-corrected chi connectivity index (χ2v) is 7.15. The van der Waals surface area contributed by atoms with Crippen LogP contribution in [0.3, 0.4) is 0 Å². The number of carbonyl (C=O) groups excluding carboxylic acids is 1. The van der Waals surface area contributed by atoms with Crippen LogP contribution in [0.15, 0.2) is 0 Å². The molecule has 0 radical (unpaired) electrons. The number of hydrogen-bond donors (Lipinski definition) is 2. The second-order valence-electron chi connectivity index (χ2n) is 7.15. The van der Waals surface area contributed by atoms with Crippen LogP contribution in [-0.2, 0) is 4.79 Å². The van der Waals surface area contributed by atoms with E-state index in [1.165, 1.54) is 19.3 Å². The number of rotatable bonds is 2. The van der Waals surface area contributed by atoms with E-state index in [4.69, 9.17) is 0 Å². The van der Waals surface area contributed by atoms with Crippen LogP contribution in [0.1, 0.15) is 65.7 Å². The smallest absolute Gasteiger partial charge is 0.240 e. The maximum atomic E-state index is 12.4. The molecule has 2 aliphatic rings. The summed E-state index contributed by atoms with van der Waals surface area (Å²) in [5.74, 6) is 0.213. The van der Waals surface area contributed by atoms with Crippen molar-refractivity contribution in [3.63, 3.8) is 0 Å². The van der Waals surface area contributed by atoms with Gasteiger partial charge < -0.3 is 10.6 Å². The summed E-state index contributed by atoms with van der Waals surface area (Å²) < 4.78 is 0. The summed E-state index contributed by atoms with van der Waals surface area (Å²) >= 11 is 0. The number of piperidine rings is 1. The molecule has 1 saturated carbocycles. The first-order valence-electron chi connectivity index (χ1n) is 7.47. The SMILES string of the molecule is CC1(C)CCCC(NC(=O)C2(C)CCCCN2)C1. The van der Waals surface area contributed by atoms with Crippen molar-refractivity contribution in [3.05, 3.63) is 0 Å². The van der Waals surface area contributed by atoms with Crippen LogP contribution in [0.4, 0.5) is 0 Å². The molecule has 3 heteroatoms. The Bertz CT molecular complexity index is 306. The first kappa shape index (κ1) is 13.9. The van der Waals surface area contributed by atoms with Gasteiger partial charge in [0.2, 0.25) is 5.91 Å². The molecule has 0 aromatic heterocycles. The van der Waals surface area contributed by atoms with Crippen LogP contribution < -0.4 is 10.6 Å². The summed E-state index contributed by atoms with van der Waals surface area (Å²) in [7, 11) is 0. The second kappa shape index (κ2) is 5.20. The lowest BCUT2D eigenvalue weighted by atomic mass is 9.75. The first-order chi connectivity index (χ1) is 8.41. The lowest BCUT2D eigenvalue weighted by molar-refractivity contribution is -0.129. The van der Waals surface area contributed by atoms with Crippen LogP contribution in [0.2, 0.25) is 0 Å². The Kier molecular flexibility index (Phi) is 4.00. The van der Waals surface area contributed by atoms with Gasteiger partial charge in [0.25, 0.3) is 0 Å². The van der Waals surface area contributed by atoms with Gasteiger partial charge in [-0.1, -0.05) is 20.3 Å². The molecule has 2 N–H and O–H groups in total. The Morgan fingerprint density at radius 2 is 1.94 bits per heavy atom. The minimum absolute atomic E-state index is 0.213. The molecule has 0 bridgehead atoms. The van der Waals surface area contributed by atoms with Gasteiger partial charge in [0, 0.05) is 6.04 Å². The Morgan fingerprint density at radius 3 is 2.56 bits per heavy atom. The molecule has 1 aliphatic carbocycles. The summed E-state index contributed by atoms with van der Waals surface area (Å²) in [5.41, 5.74) is 0.0525. The Labute approximate surface area is 111 Å². The van der Waals surface area contributed by atoms with Crippen molar-refractivity contribution in [1.82, 2.24) is 10.6 Å². The third-order valence-corrected chi connectivity index (χ3v) is 4.66. The zero-order valence-electron chi connectivity index (χ0n) is 12.1. The van der Waals surface area contributed by atoms with Crippen LogP contribution in [0.5, 0.6) is 0 Å². The number of carbonyl (C=O) groups is 1. The molecule has 2 atom stereocenters. The van der Waals surface area contributed by atoms with E-state index < -0.39 is 0 Å². The van der Waals surface area contributed by atoms with E-state index in [1.54, 1.807) is 0 Å². The highest BCUT2D eigenvalue weighted by Crippen LogP contribution is 2.35. The monoisotopic (exact) mass is 252 g/mol. The van der Waals surface area contributed by atoms with Gasteiger partial charge in [0.1, 0.15) is 0 Å². The van der Waals surface area contributed by atoms with Crippen molar-refractivity contribution in [2.75, 3.05) is 6.54 Å². The first-order valence-corrected chi connectivity index (χ1v) is 7.47. The summed E-state index contributed by atoms with van der Waals surface area (Å²) in [6, 6.07) is 0.377. The fourth-order valence-corrected chi connectivity index (χ4v) is 3.42. The van der Waals surface area contributed by atoms with Gasteiger partial charge in [-0.15, -0.1) is 0 Å². The van der Waals surface area contributed by atoms with E-state index in [9.17, 15) is 4.79 Å².